The normalized spacial score (nSPS) is 11.3. The number of anilines is 1. The molecule has 0 atom stereocenters. The maximum atomic E-state index is 12.8. The molecule has 7 heteroatoms. The number of nitrogens with two attached hydrogens (primary N) is 1. The second kappa shape index (κ2) is 6.92. The van der Waals surface area contributed by atoms with E-state index in [0.717, 1.165) is 5.56 Å². The molecule has 1 amide bonds. The fourth-order valence-corrected chi connectivity index (χ4v) is 3.53. The zero-order chi connectivity index (χ0) is 17.9. The average Bonchev–Trinajstić information content (AvgIpc) is 2.54. The van der Waals surface area contributed by atoms with Gasteiger partial charge >= 0.3 is 0 Å². The number of rotatable bonds is 6. The van der Waals surface area contributed by atoms with Crippen molar-refractivity contribution >= 4 is 21.6 Å². The molecule has 3 N–H and O–H groups in total. The minimum atomic E-state index is -3.95. The first kappa shape index (κ1) is 17.8. The van der Waals surface area contributed by atoms with Crippen molar-refractivity contribution in [2.75, 3.05) is 11.8 Å². The minimum Gasteiger partial charge on any atom is -0.495 e. The van der Waals surface area contributed by atoms with Crippen LogP contribution in [-0.4, -0.2) is 21.4 Å². The van der Waals surface area contributed by atoms with Gasteiger partial charge in [0, 0.05) is 0 Å². The molecule has 0 saturated carbocycles. The third-order valence-corrected chi connectivity index (χ3v) is 4.97. The molecule has 6 nitrogen and oxygen atoms in total. The Morgan fingerprint density at radius 2 is 1.83 bits per heavy atom. The lowest BCUT2D eigenvalue weighted by Crippen LogP contribution is -2.19. The molecule has 0 aliphatic carbocycles. The maximum absolute atomic E-state index is 12.8. The number of para-hydroxylation sites is 1. The van der Waals surface area contributed by atoms with Crippen molar-refractivity contribution in [2.45, 2.75) is 24.7 Å². The van der Waals surface area contributed by atoms with Crippen molar-refractivity contribution < 1.29 is 17.9 Å². The van der Waals surface area contributed by atoms with E-state index in [9.17, 15) is 13.2 Å². The van der Waals surface area contributed by atoms with Crippen LogP contribution in [0.2, 0.25) is 0 Å². The molecule has 2 aromatic carbocycles. The van der Waals surface area contributed by atoms with E-state index >= 15 is 0 Å². The predicted molar refractivity (Wildman–Crippen MR) is 92.9 cm³/mol. The molecule has 2 aromatic rings. The van der Waals surface area contributed by atoms with Crippen molar-refractivity contribution in [2.24, 2.45) is 5.73 Å². The molecule has 24 heavy (non-hydrogen) atoms. The smallest absolute Gasteiger partial charge is 0.265 e. The van der Waals surface area contributed by atoms with Crippen molar-refractivity contribution in [3.63, 3.8) is 0 Å². The molecule has 0 unspecified atom stereocenters. The molecule has 0 radical (unpaired) electrons. The van der Waals surface area contributed by atoms with Gasteiger partial charge in [0.1, 0.15) is 10.6 Å². The zero-order valence-corrected chi connectivity index (χ0v) is 14.6. The van der Waals surface area contributed by atoms with Crippen molar-refractivity contribution in [1.29, 1.82) is 0 Å². The Labute approximate surface area is 141 Å². The van der Waals surface area contributed by atoms with Crippen LogP contribution in [0, 0.1) is 0 Å². The Morgan fingerprint density at radius 3 is 2.42 bits per heavy atom. The lowest BCUT2D eigenvalue weighted by Gasteiger charge is -2.15. The van der Waals surface area contributed by atoms with Gasteiger partial charge in [-0.2, -0.15) is 0 Å². The summed E-state index contributed by atoms with van der Waals surface area (Å²) in [6.45, 7) is 3.93. The Hall–Kier alpha value is -2.54. The highest BCUT2D eigenvalue weighted by Gasteiger charge is 2.22. The van der Waals surface area contributed by atoms with Gasteiger partial charge in [0.05, 0.1) is 18.4 Å². The van der Waals surface area contributed by atoms with E-state index in [2.05, 4.69) is 4.72 Å². The summed E-state index contributed by atoms with van der Waals surface area (Å²) in [4.78, 5) is 11.5. The third kappa shape index (κ3) is 3.68. The van der Waals surface area contributed by atoms with E-state index < -0.39 is 15.9 Å². The molecule has 0 fully saturated rings. The number of primary amides is 1. The molecule has 2 rings (SSSR count). The molecule has 0 aromatic heterocycles. The summed E-state index contributed by atoms with van der Waals surface area (Å²) >= 11 is 0. The van der Waals surface area contributed by atoms with E-state index in [0.29, 0.717) is 0 Å². The molecule has 128 valence electrons. The lowest BCUT2D eigenvalue weighted by atomic mass is 10.0. The molecule has 0 saturated heterocycles. The summed E-state index contributed by atoms with van der Waals surface area (Å²) in [5, 5.41) is 0. The van der Waals surface area contributed by atoms with E-state index in [1.54, 1.807) is 24.3 Å². The van der Waals surface area contributed by atoms with E-state index in [-0.39, 0.29) is 27.8 Å². The average molecular weight is 348 g/mol. The van der Waals surface area contributed by atoms with Gasteiger partial charge in [-0.15, -0.1) is 0 Å². The number of sulfonamides is 1. The van der Waals surface area contributed by atoms with Crippen LogP contribution in [0.1, 0.15) is 35.7 Å². The molecule has 0 aliphatic heterocycles. The Kier molecular flexibility index (Phi) is 5.14. The summed E-state index contributed by atoms with van der Waals surface area (Å²) in [6.07, 6.45) is 0. The van der Waals surface area contributed by atoms with Gasteiger partial charge in [-0.3, -0.25) is 9.52 Å². The number of methoxy groups -OCH3 is 1. The summed E-state index contributed by atoms with van der Waals surface area (Å²) in [6, 6.07) is 11.2. The van der Waals surface area contributed by atoms with Crippen LogP contribution < -0.4 is 15.2 Å². The quantitative estimate of drug-likeness (QED) is 0.838. The highest BCUT2D eigenvalue weighted by molar-refractivity contribution is 7.92. The lowest BCUT2D eigenvalue weighted by molar-refractivity contribution is 0.100. The van der Waals surface area contributed by atoms with Crippen LogP contribution in [0.4, 0.5) is 5.69 Å². The first-order valence-corrected chi connectivity index (χ1v) is 8.84. The molecule has 0 heterocycles. The van der Waals surface area contributed by atoms with E-state index in [1.165, 1.54) is 19.2 Å². The highest BCUT2D eigenvalue weighted by atomic mass is 32.2. The van der Waals surface area contributed by atoms with Crippen LogP contribution in [-0.2, 0) is 10.0 Å². The summed E-state index contributed by atoms with van der Waals surface area (Å²) in [7, 11) is -2.55. The monoisotopic (exact) mass is 348 g/mol. The van der Waals surface area contributed by atoms with Gasteiger partial charge in [-0.05, 0) is 35.7 Å². The largest absolute Gasteiger partial charge is 0.495 e. The molecule has 0 spiro atoms. The van der Waals surface area contributed by atoms with Gasteiger partial charge < -0.3 is 10.5 Å². The first-order valence-electron chi connectivity index (χ1n) is 7.36. The van der Waals surface area contributed by atoms with Gasteiger partial charge in [-0.25, -0.2) is 8.42 Å². The minimum absolute atomic E-state index is 0.00970. The number of hydrogen-bond acceptors (Lipinski definition) is 4. The number of amides is 1. The predicted octanol–water partition coefficient (Wildman–Crippen LogP) is 2.72. The topological polar surface area (TPSA) is 98.5 Å². The van der Waals surface area contributed by atoms with Crippen molar-refractivity contribution in [3.05, 3.63) is 53.6 Å². The Morgan fingerprint density at radius 1 is 1.17 bits per heavy atom. The molecular formula is C17H20N2O4S. The Balaban J connectivity index is 2.52. The number of benzene rings is 2. The Bertz CT molecular complexity index is 861. The number of ether oxygens (including phenoxy) is 1. The van der Waals surface area contributed by atoms with E-state index in [1.807, 2.05) is 19.9 Å². The standard InChI is InChI=1S/C17H20N2O4S/c1-11(2)12-8-9-15(23-3)16(10-12)24(21,22)19-14-7-5-4-6-13(14)17(18)20/h4-11,19H,1-3H3,(H2,18,20). The third-order valence-electron chi connectivity index (χ3n) is 3.58. The fourth-order valence-electron chi connectivity index (χ4n) is 2.25. The van der Waals surface area contributed by atoms with Crippen LogP contribution in [0.5, 0.6) is 5.75 Å². The van der Waals surface area contributed by atoms with Crippen LogP contribution in [0.15, 0.2) is 47.4 Å². The van der Waals surface area contributed by atoms with Crippen LogP contribution >= 0.6 is 0 Å². The number of carbonyl (C=O) groups excluding carboxylic acids is 1. The SMILES string of the molecule is COc1ccc(C(C)C)cc1S(=O)(=O)Nc1ccccc1C(N)=O. The molecule has 0 bridgehead atoms. The molecular weight excluding hydrogens is 328 g/mol. The van der Waals surface area contributed by atoms with Gasteiger partial charge in [-0.1, -0.05) is 32.0 Å². The first-order chi connectivity index (χ1) is 11.3. The van der Waals surface area contributed by atoms with Crippen LogP contribution in [0.25, 0.3) is 0 Å². The van der Waals surface area contributed by atoms with E-state index in [4.69, 9.17) is 10.5 Å². The fraction of sp³-hybridized carbons (Fsp3) is 0.235. The highest BCUT2D eigenvalue weighted by Crippen LogP contribution is 2.30. The number of carbonyl (C=O) groups is 1. The second-order valence-electron chi connectivity index (χ2n) is 5.58. The van der Waals surface area contributed by atoms with Gasteiger partial charge in [0.25, 0.3) is 15.9 Å². The van der Waals surface area contributed by atoms with Gasteiger partial charge in [0.15, 0.2) is 0 Å². The maximum Gasteiger partial charge on any atom is 0.265 e. The molecule has 0 aliphatic rings. The zero-order valence-electron chi connectivity index (χ0n) is 13.7. The summed E-state index contributed by atoms with van der Waals surface area (Å²) in [5.41, 5.74) is 6.38. The number of nitrogens with one attached hydrogen (secondary N) is 1. The summed E-state index contributed by atoms with van der Waals surface area (Å²) < 4.78 is 33.2. The number of hydrogen-bond donors (Lipinski definition) is 2. The van der Waals surface area contributed by atoms with Crippen molar-refractivity contribution in [1.82, 2.24) is 0 Å². The van der Waals surface area contributed by atoms with Gasteiger partial charge in [0.2, 0.25) is 0 Å². The van der Waals surface area contributed by atoms with Crippen LogP contribution in [0.3, 0.4) is 0 Å². The summed E-state index contributed by atoms with van der Waals surface area (Å²) in [5.74, 6) is -0.331. The van der Waals surface area contributed by atoms with Crippen molar-refractivity contribution in [3.8, 4) is 5.75 Å². The second-order valence-corrected chi connectivity index (χ2v) is 7.23.